The molecule has 1 fully saturated rings. The molecule has 0 radical (unpaired) electrons. The van der Waals surface area contributed by atoms with Crippen LogP contribution in [0.15, 0.2) is 60.7 Å². The van der Waals surface area contributed by atoms with Crippen LogP contribution < -0.4 is 10.6 Å². The first-order valence-electron chi connectivity index (χ1n) is 9.49. The van der Waals surface area contributed by atoms with Crippen molar-refractivity contribution in [1.82, 2.24) is 15.5 Å². The molecule has 146 valence electrons. The van der Waals surface area contributed by atoms with Crippen LogP contribution in [-0.2, 0) is 15.1 Å². The van der Waals surface area contributed by atoms with E-state index in [9.17, 15) is 14.4 Å². The minimum Gasteiger partial charge on any atom is -0.348 e. The highest BCUT2D eigenvalue weighted by Gasteiger charge is 2.49. The number of urea groups is 1. The Morgan fingerprint density at radius 3 is 2.29 bits per heavy atom. The van der Waals surface area contributed by atoms with Crippen molar-refractivity contribution in [3.05, 3.63) is 71.8 Å². The summed E-state index contributed by atoms with van der Waals surface area (Å²) in [7, 11) is 0. The molecule has 3 rings (SSSR count). The van der Waals surface area contributed by atoms with Gasteiger partial charge in [-0.1, -0.05) is 74.0 Å². The number of benzene rings is 2. The molecule has 0 bridgehead atoms. The smallest absolute Gasteiger partial charge is 0.325 e. The van der Waals surface area contributed by atoms with E-state index < -0.39 is 17.5 Å². The number of hydrogen-bond acceptors (Lipinski definition) is 3. The molecule has 2 aromatic rings. The van der Waals surface area contributed by atoms with E-state index in [1.54, 1.807) is 19.1 Å². The summed E-state index contributed by atoms with van der Waals surface area (Å²) in [6, 6.07) is 18.0. The largest absolute Gasteiger partial charge is 0.348 e. The van der Waals surface area contributed by atoms with Gasteiger partial charge in [-0.25, -0.2) is 4.79 Å². The van der Waals surface area contributed by atoms with Gasteiger partial charge in [0, 0.05) is 0 Å². The number of carbonyl (C=O) groups is 3. The lowest BCUT2D eigenvalue weighted by molar-refractivity contribution is -0.135. The third-order valence-electron chi connectivity index (χ3n) is 5.04. The molecule has 0 saturated carbocycles. The summed E-state index contributed by atoms with van der Waals surface area (Å²) in [5, 5.41) is 5.68. The molecule has 6 heteroatoms. The minimum absolute atomic E-state index is 0.153. The van der Waals surface area contributed by atoms with Crippen LogP contribution in [0, 0.1) is 0 Å². The molecule has 6 nitrogen and oxygen atoms in total. The lowest BCUT2D eigenvalue weighted by atomic mass is 9.92. The summed E-state index contributed by atoms with van der Waals surface area (Å²) in [5.41, 5.74) is 0.523. The molecule has 4 amide bonds. The normalized spacial score (nSPS) is 20.0. The topological polar surface area (TPSA) is 78.5 Å². The quantitative estimate of drug-likeness (QED) is 0.726. The first-order valence-corrected chi connectivity index (χ1v) is 9.49. The maximum atomic E-state index is 12.9. The Hall–Kier alpha value is -3.15. The van der Waals surface area contributed by atoms with Gasteiger partial charge in [-0.05, 0) is 24.5 Å². The van der Waals surface area contributed by atoms with Gasteiger partial charge in [0.1, 0.15) is 12.1 Å². The first-order chi connectivity index (χ1) is 13.5. The highest BCUT2D eigenvalue weighted by molar-refractivity contribution is 6.09. The van der Waals surface area contributed by atoms with Crippen LogP contribution in [0.5, 0.6) is 0 Å². The van der Waals surface area contributed by atoms with Gasteiger partial charge in [-0.3, -0.25) is 14.5 Å². The van der Waals surface area contributed by atoms with Gasteiger partial charge in [0.15, 0.2) is 0 Å². The van der Waals surface area contributed by atoms with Crippen LogP contribution in [0.4, 0.5) is 4.79 Å². The van der Waals surface area contributed by atoms with E-state index >= 15 is 0 Å². The average molecular weight is 379 g/mol. The second kappa shape index (κ2) is 8.25. The highest BCUT2D eigenvalue weighted by Crippen LogP contribution is 2.28. The summed E-state index contributed by atoms with van der Waals surface area (Å²) >= 11 is 0. The van der Waals surface area contributed by atoms with Crippen molar-refractivity contribution in [3.63, 3.8) is 0 Å². The third kappa shape index (κ3) is 3.91. The van der Waals surface area contributed by atoms with Gasteiger partial charge < -0.3 is 10.6 Å². The monoisotopic (exact) mass is 379 g/mol. The van der Waals surface area contributed by atoms with E-state index in [0.29, 0.717) is 5.56 Å². The Bertz CT molecular complexity index is 854. The molecule has 0 aliphatic carbocycles. The molecule has 0 spiro atoms. The van der Waals surface area contributed by atoms with Crippen molar-refractivity contribution in [3.8, 4) is 0 Å². The molecule has 2 N–H and O–H groups in total. The van der Waals surface area contributed by atoms with Gasteiger partial charge in [0.25, 0.3) is 5.91 Å². The molecule has 0 aromatic heterocycles. The van der Waals surface area contributed by atoms with E-state index in [0.717, 1.165) is 23.3 Å². The molecule has 2 atom stereocenters. The van der Waals surface area contributed by atoms with Crippen molar-refractivity contribution in [2.24, 2.45) is 0 Å². The molecule has 1 saturated heterocycles. The predicted octanol–water partition coefficient (Wildman–Crippen LogP) is 3.11. The number of carbonyl (C=O) groups excluding carboxylic acids is 3. The van der Waals surface area contributed by atoms with Gasteiger partial charge in [0.05, 0.1) is 6.04 Å². The fourth-order valence-electron chi connectivity index (χ4n) is 3.49. The Kier molecular flexibility index (Phi) is 5.78. The molecular formula is C22H25N3O3. The summed E-state index contributed by atoms with van der Waals surface area (Å²) in [4.78, 5) is 38.9. The SMILES string of the molecule is CCCC(NC(=O)CN1C(=O)NC(C)(c2ccccc2)C1=O)c1ccccc1. The zero-order chi connectivity index (χ0) is 20.1. The molecule has 1 aliphatic rings. The summed E-state index contributed by atoms with van der Waals surface area (Å²) in [5.74, 6) is -0.784. The average Bonchev–Trinajstić information content (AvgIpc) is 2.93. The number of rotatable bonds is 7. The van der Waals surface area contributed by atoms with E-state index in [4.69, 9.17) is 0 Å². The standard InChI is InChI=1S/C22H25N3O3/c1-3-10-18(16-11-6-4-7-12-16)23-19(26)15-25-20(27)22(2,24-21(25)28)17-13-8-5-9-14-17/h4-9,11-14,18H,3,10,15H2,1-2H3,(H,23,26)(H,24,28). The molecule has 2 unspecified atom stereocenters. The second-order valence-corrected chi connectivity index (χ2v) is 7.13. The lowest BCUT2D eigenvalue weighted by Gasteiger charge is -2.23. The van der Waals surface area contributed by atoms with E-state index in [1.165, 1.54) is 0 Å². The number of hydrogen-bond donors (Lipinski definition) is 2. The third-order valence-corrected chi connectivity index (χ3v) is 5.04. The fraction of sp³-hybridized carbons (Fsp3) is 0.318. The van der Waals surface area contributed by atoms with Gasteiger partial charge in [0.2, 0.25) is 5.91 Å². The van der Waals surface area contributed by atoms with Crippen LogP contribution in [0.1, 0.15) is 43.9 Å². The lowest BCUT2D eigenvalue weighted by Crippen LogP contribution is -2.43. The van der Waals surface area contributed by atoms with E-state index in [-0.39, 0.29) is 18.5 Å². The maximum Gasteiger partial charge on any atom is 0.325 e. The predicted molar refractivity (Wildman–Crippen MR) is 106 cm³/mol. The Morgan fingerprint density at radius 1 is 1.07 bits per heavy atom. The molecule has 2 aromatic carbocycles. The van der Waals surface area contributed by atoms with Crippen LogP contribution in [0.3, 0.4) is 0 Å². The molecule has 28 heavy (non-hydrogen) atoms. The van der Waals surface area contributed by atoms with Crippen molar-refractivity contribution < 1.29 is 14.4 Å². The van der Waals surface area contributed by atoms with Crippen molar-refractivity contribution in [1.29, 1.82) is 0 Å². The van der Waals surface area contributed by atoms with E-state index in [1.807, 2.05) is 55.5 Å². The van der Waals surface area contributed by atoms with E-state index in [2.05, 4.69) is 10.6 Å². The number of amides is 4. The molecule has 1 aliphatic heterocycles. The van der Waals surface area contributed by atoms with Crippen molar-refractivity contribution in [2.45, 2.75) is 38.3 Å². The van der Waals surface area contributed by atoms with Crippen LogP contribution >= 0.6 is 0 Å². The number of nitrogens with one attached hydrogen (secondary N) is 2. The Labute approximate surface area is 164 Å². The Balaban J connectivity index is 1.71. The van der Waals surface area contributed by atoms with Crippen LogP contribution in [0.25, 0.3) is 0 Å². The van der Waals surface area contributed by atoms with Gasteiger partial charge >= 0.3 is 6.03 Å². The maximum absolute atomic E-state index is 12.9. The molecule has 1 heterocycles. The number of nitrogens with zero attached hydrogens (tertiary/aromatic N) is 1. The van der Waals surface area contributed by atoms with Gasteiger partial charge in [-0.15, -0.1) is 0 Å². The van der Waals surface area contributed by atoms with Crippen LogP contribution in [-0.4, -0.2) is 29.3 Å². The summed E-state index contributed by atoms with van der Waals surface area (Å²) in [6.07, 6.45) is 1.67. The zero-order valence-electron chi connectivity index (χ0n) is 16.1. The second-order valence-electron chi connectivity index (χ2n) is 7.13. The van der Waals surface area contributed by atoms with Crippen molar-refractivity contribution >= 4 is 17.8 Å². The fourth-order valence-corrected chi connectivity index (χ4v) is 3.49. The van der Waals surface area contributed by atoms with Crippen molar-refractivity contribution in [2.75, 3.05) is 6.54 Å². The Morgan fingerprint density at radius 2 is 1.68 bits per heavy atom. The summed E-state index contributed by atoms with van der Waals surface area (Å²) < 4.78 is 0. The van der Waals surface area contributed by atoms with Gasteiger partial charge in [-0.2, -0.15) is 0 Å². The zero-order valence-corrected chi connectivity index (χ0v) is 16.1. The first kappa shape index (κ1) is 19.6. The molecular weight excluding hydrogens is 354 g/mol. The minimum atomic E-state index is -1.17. The highest BCUT2D eigenvalue weighted by atomic mass is 16.2. The summed E-state index contributed by atoms with van der Waals surface area (Å²) in [6.45, 7) is 3.40. The number of imide groups is 1. The van der Waals surface area contributed by atoms with Crippen LogP contribution in [0.2, 0.25) is 0 Å².